The molecule has 0 saturated carbocycles. The first-order chi connectivity index (χ1) is 9.24. The highest BCUT2D eigenvalue weighted by Gasteiger charge is 2.28. The van der Waals surface area contributed by atoms with Crippen molar-refractivity contribution in [3.05, 3.63) is 41.5 Å². The number of anilines is 1. The lowest BCUT2D eigenvalue weighted by Gasteiger charge is -2.31. The molecule has 2 amide bonds. The van der Waals surface area contributed by atoms with E-state index in [-0.39, 0.29) is 18.2 Å². The lowest BCUT2D eigenvalue weighted by Crippen LogP contribution is -2.31. The van der Waals surface area contributed by atoms with Crippen LogP contribution in [0, 0.1) is 0 Å². The summed E-state index contributed by atoms with van der Waals surface area (Å²) in [7, 11) is 0. The Bertz CT molecular complexity index is 539. The highest BCUT2D eigenvalue weighted by Crippen LogP contribution is 2.27. The van der Waals surface area contributed by atoms with E-state index in [1.54, 1.807) is 0 Å². The van der Waals surface area contributed by atoms with Crippen molar-refractivity contribution in [2.24, 2.45) is 0 Å². The average Bonchev–Trinajstić information content (AvgIpc) is 2.79. The molecule has 4 heteroatoms. The second-order valence-corrected chi connectivity index (χ2v) is 4.96. The minimum Gasteiger partial charge on any atom is -0.371 e. The number of imide groups is 1. The fourth-order valence-electron chi connectivity index (χ4n) is 2.75. The number of nitrogens with one attached hydrogen (secondary N) is 1. The van der Waals surface area contributed by atoms with E-state index in [0.29, 0.717) is 5.57 Å². The first kappa shape index (κ1) is 12.0. The van der Waals surface area contributed by atoms with Gasteiger partial charge in [0.05, 0.1) is 6.42 Å². The maximum atomic E-state index is 11.6. The van der Waals surface area contributed by atoms with Crippen LogP contribution in [0.5, 0.6) is 0 Å². The molecule has 1 aromatic carbocycles. The molecule has 3 rings (SSSR count). The zero-order chi connectivity index (χ0) is 13.2. The third kappa shape index (κ3) is 2.38. The summed E-state index contributed by atoms with van der Waals surface area (Å²) in [6, 6.07) is 10.3. The fourth-order valence-corrected chi connectivity index (χ4v) is 2.75. The van der Waals surface area contributed by atoms with Crippen LogP contribution in [0.15, 0.2) is 41.5 Å². The van der Waals surface area contributed by atoms with Gasteiger partial charge in [-0.05, 0) is 25.0 Å². The number of hydrogen-bond donors (Lipinski definition) is 1. The van der Waals surface area contributed by atoms with Crippen LogP contribution in [0.25, 0.3) is 0 Å². The molecule has 0 bridgehead atoms. The van der Waals surface area contributed by atoms with E-state index in [1.807, 2.05) is 18.2 Å². The van der Waals surface area contributed by atoms with Crippen molar-refractivity contribution in [1.82, 2.24) is 5.32 Å². The standard InChI is InChI=1S/C15H16N2O2/c18-14-10-13(15(19)16-14)11-6-8-17(9-7-11)12-4-2-1-3-5-12/h1-5H,6-10H2,(H,16,18,19). The van der Waals surface area contributed by atoms with Crippen molar-refractivity contribution in [3.63, 3.8) is 0 Å². The van der Waals surface area contributed by atoms with Crippen molar-refractivity contribution in [1.29, 1.82) is 0 Å². The first-order valence-corrected chi connectivity index (χ1v) is 6.59. The molecule has 4 nitrogen and oxygen atoms in total. The molecule has 1 aromatic rings. The van der Waals surface area contributed by atoms with Gasteiger partial charge in [0.2, 0.25) is 5.91 Å². The van der Waals surface area contributed by atoms with Crippen LogP contribution >= 0.6 is 0 Å². The summed E-state index contributed by atoms with van der Waals surface area (Å²) in [5.41, 5.74) is 3.08. The Morgan fingerprint density at radius 2 is 1.68 bits per heavy atom. The number of piperidine rings is 1. The van der Waals surface area contributed by atoms with Gasteiger partial charge in [-0.3, -0.25) is 14.9 Å². The van der Waals surface area contributed by atoms with Crippen molar-refractivity contribution < 1.29 is 9.59 Å². The normalized spacial score (nSPS) is 19.9. The lowest BCUT2D eigenvalue weighted by molar-refractivity contribution is -0.124. The number of amides is 2. The van der Waals surface area contributed by atoms with Gasteiger partial charge in [-0.1, -0.05) is 23.8 Å². The number of rotatable bonds is 1. The third-order valence-electron chi connectivity index (χ3n) is 3.78. The zero-order valence-corrected chi connectivity index (χ0v) is 10.7. The van der Waals surface area contributed by atoms with Crippen molar-refractivity contribution in [2.75, 3.05) is 18.0 Å². The summed E-state index contributed by atoms with van der Waals surface area (Å²) in [6.45, 7) is 1.81. The fraction of sp³-hybridized carbons (Fsp3) is 0.333. The first-order valence-electron chi connectivity index (χ1n) is 6.59. The van der Waals surface area contributed by atoms with Crippen LogP contribution in [-0.4, -0.2) is 24.9 Å². The van der Waals surface area contributed by atoms with Gasteiger partial charge in [-0.2, -0.15) is 0 Å². The molecule has 0 aliphatic carbocycles. The molecular formula is C15H16N2O2. The van der Waals surface area contributed by atoms with E-state index in [1.165, 1.54) is 5.69 Å². The monoisotopic (exact) mass is 256 g/mol. The predicted octanol–water partition coefficient (Wildman–Crippen LogP) is 1.63. The van der Waals surface area contributed by atoms with E-state index in [0.717, 1.165) is 31.5 Å². The number of benzene rings is 1. The van der Waals surface area contributed by atoms with Gasteiger partial charge in [0.1, 0.15) is 0 Å². The van der Waals surface area contributed by atoms with Crippen LogP contribution in [0.2, 0.25) is 0 Å². The molecule has 2 aliphatic heterocycles. The highest BCUT2D eigenvalue weighted by molar-refractivity contribution is 6.13. The van der Waals surface area contributed by atoms with Gasteiger partial charge >= 0.3 is 0 Å². The molecule has 0 aromatic heterocycles. The summed E-state index contributed by atoms with van der Waals surface area (Å²) in [6.07, 6.45) is 2.00. The molecule has 2 aliphatic rings. The Kier molecular flexibility index (Phi) is 3.07. The summed E-state index contributed by atoms with van der Waals surface area (Å²) >= 11 is 0. The van der Waals surface area contributed by atoms with Crippen molar-refractivity contribution in [3.8, 4) is 0 Å². The molecule has 0 spiro atoms. The van der Waals surface area contributed by atoms with E-state index in [2.05, 4.69) is 22.3 Å². The molecule has 2 saturated heterocycles. The van der Waals surface area contributed by atoms with E-state index < -0.39 is 0 Å². The topological polar surface area (TPSA) is 49.4 Å². The molecular weight excluding hydrogens is 240 g/mol. The van der Waals surface area contributed by atoms with Gasteiger partial charge in [0.25, 0.3) is 5.91 Å². The van der Waals surface area contributed by atoms with Crippen LogP contribution < -0.4 is 10.2 Å². The van der Waals surface area contributed by atoms with Crippen LogP contribution in [0.1, 0.15) is 19.3 Å². The molecule has 0 atom stereocenters. The molecule has 2 fully saturated rings. The Hall–Kier alpha value is -2.10. The SMILES string of the molecule is O=C1CC(=C2CCN(c3ccccc3)CC2)C(=O)N1. The Balaban J connectivity index is 1.72. The second-order valence-electron chi connectivity index (χ2n) is 4.96. The number of para-hydroxylation sites is 1. The molecule has 0 radical (unpaired) electrons. The molecule has 1 N–H and O–H groups in total. The van der Waals surface area contributed by atoms with Gasteiger partial charge in [-0.25, -0.2) is 0 Å². The minimum absolute atomic E-state index is 0.169. The molecule has 0 unspecified atom stereocenters. The zero-order valence-electron chi connectivity index (χ0n) is 10.7. The largest absolute Gasteiger partial charge is 0.371 e. The van der Waals surface area contributed by atoms with E-state index in [4.69, 9.17) is 0 Å². The van der Waals surface area contributed by atoms with Gasteiger partial charge in [-0.15, -0.1) is 0 Å². The highest BCUT2D eigenvalue weighted by atomic mass is 16.2. The average molecular weight is 256 g/mol. The minimum atomic E-state index is -0.187. The number of hydrogen-bond acceptors (Lipinski definition) is 3. The smallest absolute Gasteiger partial charge is 0.254 e. The summed E-state index contributed by atoms with van der Waals surface area (Å²) in [4.78, 5) is 25.2. The third-order valence-corrected chi connectivity index (χ3v) is 3.78. The second kappa shape index (κ2) is 4.88. The van der Waals surface area contributed by atoms with Crippen LogP contribution in [0.4, 0.5) is 5.69 Å². The van der Waals surface area contributed by atoms with Crippen molar-refractivity contribution in [2.45, 2.75) is 19.3 Å². The van der Waals surface area contributed by atoms with E-state index >= 15 is 0 Å². The Morgan fingerprint density at radius 3 is 2.26 bits per heavy atom. The summed E-state index contributed by atoms with van der Waals surface area (Å²) in [5.74, 6) is -0.355. The van der Waals surface area contributed by atoms with Crippen LogP contribution in [0.3, 0.4) is 0 Å². The number of carbonyl (C=O) groups excluding carboxylic acids is 2. The maximum absolute atomic E-state index is 11.6. The maximum Gasteiger partial charge on any atom is 0.254 e. The summed E-state index contributed by atoms with van der Waals surface area (Å²) in [5, 5.41) is 2.36. The van der Waals surface area contributed by atoms with Gasteiger partial charge < -0.3 is 4.90 Å². The number of nitrogens with zero attached hydrogens (tertiary/aromatic N) is 1. The molecule has 2 heterocycles. The lowest BCUT2D eigenvalue weighted by atomic mass is 9.96. The van der Waals surface area contributed by atoms with E-state index in [9.17, 15) is 9.59 Å². The molecule has 98 valence electrons. The van der Waals surface area contributed by atoms with Gasteiger partial charge in [0, 0.05) is 24.4 Å². The Labute approximate surface area is 112 Å². The quantitative estimate of drug-likeness (QED) is 0.613. The van der Waals surface area contributed by atoms with Crippen LogP contribution in [-0.2, 0) is 9.59 Å². The Morgan fingerprint density at radius 1 is 1.00 bits per heavy atom. The predicted molar refractivity (Wildman–Crippen MR) is 72.7 cm³/mol. The molecule has 19 heavy (non-hydrogen) atoms. The van der Waals surface area contributed by atoms with Gasteiger partial charge in [0.15, 0.2) is 0 Å². The number of carbonyl (C=O) groups is 2. The van der Waals surface area contributed by atoms with Crippen molar-refractivity contribution >= 4 is 17.5 Å². The summed E-state index contributed by atoms with van der Waals surface area (Å²) < 4.78 is 0.